The van der Waals surface area contributed by atoms with Crippen LogP contribution in [0.25, 0.3) is 10.9 Å². The van der Waals surface area contributed by atoms with E-state index in [0.717, 1.165) is 55.1 Å². The maximum atomic E-state index is 12.6. The summed E-state index contributed by atoms with van der Waals surface area (Å²) in [6, 6.07) is 13.6. The summed E-state index contributed by atoms with van der Waals surface area (Å²) >= 11 is 6.03. The number of nitrogens with zero attached hydrogens (tertiary/aromatic N) is 1. The second kappa shape index (κ2) is 12.4. The van der Waals surface area contributed by atoms with Crippen LogP contribution in [0.15, 0.2) is 59.6 Å². The van der Waals surface area contributed by atoms with Crippen molar-refractivity contribution in [1.82, 2.24) is 15.0 Å². The SMILES string of the molecule is O=C(COc1ccc(S(=O)(=O)NC2CCCCC2)cc1)NCCCNc1ccnc2cc(Cl)ccc12. The molecule has 3 aromatic rings. The molecular formula is C26H31ClN4O4S. The molecule has 1 aromatic heterocycles. The molecule has 10 heteroatoms. The Morgan fingerprint density at radius 3 is 2.58 bits per heavy atom. The monoisotopic (exact) mass is 530 g/mol. The van der Waals surface area contributed by atoms with Gasteiger partial charge in [0.2, 0.25) is 10.0 Å². The third-order valence-corrected chi connectivity index (χ3v) is 7.90. The molecule has 192 valence electrons. The van der Waals surface area contributed by atoms with Crippen LogP contribution in [-0.2, 0) is 14.8 Å². The number of aromatic nitrogens is 1. The van der Waals surface area contributed by atoms with E-state index in [1.165, 1.54) is 12.1 Å². The Kier molecular flexibility index (Phi) is 9.01. The van der Waals surface area contributed by atoms with Crippen molar-refractivity contribution in [2.45, 2.75) is 49.5 Å². The number of carbonyl (C=O) groups excluding carboxylic acids is 1. The zero-order valence-corrected chi connectivity index (χ0v) is 21.6. The first-order valence-corrected chi connectivity index (χ1v) is 14.1. The lowest BCUT2D eigenvalue weighted by molar-refractivity contribution is -0.123. The maximum absolute atomic E-state index is 12.6. The van der Waals surface area contributed by atoms with Gasteiger partial charge >= 0.3 is 0 Å². The highest BCUT2D eigenvalue weighted by molar-refractivity contribution is 7.89. The number of amides is 1. The number of fused-ring (bicyclic) bond motifs is 1. The minimum atomic E-state index is -3.56. The van der Waals surface area contributed by atoms with E-state index < -0.39 is 10.0 Å². The zero-order chi connectivity index (χ0) is 25.4. The molecule has 4 rings (SSSR count). The predicted molar refractivity (Wildman–Crippen MR) is 142 cm³/mol. The van der Waals surface area contributed by atoms with Crippen molar-refractivity contribution in [1.29, 1.82) is 0 Å². The fraction of sp³-hybridized carbons (Fsp3) is 0.385. The maximum Gasteiger partial charge on any atom is 0.257 e. The Hall–Kier alpha value is -2.88. The molecule has 1 aliphatic carbocycles. The molecule has 8 nitrogen and oxygen atoms in total. The molecule has 0 atom stereocenters. The molecule has 1 saturated carbocycles. The molecule has 2 aromatic carbocycles. The second-order valence-corrected chi connectivity index (χ2v) is 11.0. The van der Waals surface area contributed by atoms with Gasteiger partial charge in [-0.05, 0) is 67.8 Å². The summed E-state index contributed by atoms with van der Waals surface area (Å²) in [5.74, 6) is 0.197. The van der Waals surface area contributed by atoms with Gasteiger partial charge in [0.15, 0.2) is 6.61 Å². The van der Waals surface area contributed by atoms with Crippen LogP contribution < -0.4 is 20.1 Å². The van der Waals surface area contributed by atoms with Crippen molar-refractivity contribution in [2.75, 3.05) is 25.0 Å². The van der Waals surface area contributed by atoms with Crippen LogP contribution >= 0.6 is 11.6 Å². The standard InChI is InChI=1S/C26H31ClN4O4S/c27-19-7-12-23-24(13-16-29-25(23)17-19)28-14-4-15-30-26(32)18-35-21-8-10-22(11-9-21)36(33,34)31-20-5-2-1-3-6-20/h7-13,16-17,20,31H,1-6,14-15,18H2,(H,28,29)(H,30,32). The highest BCUT2D eigenvalue weighted by atomic mass is 35.5. The zero-order valence-electron chi connectivity index (χ0n) is 20.0. The number of anilines is 1. The van der Waals surface area contributed by atoms with Crippen LogP contribution in [0.2, 0.25) is 5.02 Å². The largest absolute Gasteiger partial charge is 0.484 e. The molecule has 0 aliphatic heterocycles. The lowest BCUT2D eigenvalue weighted by Gasteiger charge is -2.22. The number of ether oxygens (including phenoxy) is 1. The van der Waals surface area contributed by atoms with Crippen LogP contribution in [0.1, 0.15) is 38.5 Å². The quantitative estimate of drug-likeness (QED) is 0.315. The number of benzene rings is 2. The van der Waals surface area contributed by atoms with Gasteiger partial charge in [-0.3, -0.25) is 9.78 Å². The first kappa shape index (κ1) is 26.2. The number of nitrogens with one attached hydrogen (secondary N) is 3. The molecule has 1 fully saturated rings. The minimum Gasteiger partial charge on any atom is -0.484 e. The molecule has 3 N–H and O–H groups in total. The number of carbonyl (C=O) groups is 1. The molecule has 0 bridgehead atoms. The highest BCUT2D eigenvalue weighted by Crippen LogP contribution is 2.24. The summed E-state index contributed by atoms with van der Waals surface area (Å²) in [6.45, 7) is 1.03. The lowest BCUT2D eigenvalue weighted by Crippen LogP contribution is -2.36. The van der Waals surface area contributed by atoms with E-state index in [0.29, 0.717) is 23.9 Å². The third kappa shape index (κ3) is 7.32. The van der Waals surface area contributed by atoms with Crippen LogP contribution in [0.3, 0.4) is 0 Å². The molecule has 1 amide bonds. The Balaban J connectivity index is 1.16. The average molecular weight is 531 g/mol. The van der Waals surface area contributed by atoms with E-state index in [1.807, 2.05) is 24.3 Å². The lowest BCUT2D eigenvalue weighted by atomic mass is 9.96. The van der Waals surface area contributed by atoms with E-state index >= 15 is 0 Å². The molecule has 1 heterocycles. The first-order chi connectivity index (χ1) is 17.4. The van der Waals surface area contributed by atoms with Crippen LogP contribution in [0.4, 0.5) is 5.69 Å². The summed E-state index contributed by atoms with van der Waals surface area (Å²) in [4.78, 5) is 16.6. The van der Waals surface area contributed by atoms with Crippen LogP contribution in [0.5, 0.6) is 5.75 Å². The number of hydrogen-bond acceptors (Lipinski definition) is 6. The summed E-state index contributed by atoms with van der Waals surface area (Å²) < 4.78 is 33.5. The molecule has 0 unspecified atom stereocenters. The fourth-order valence-corrected chi connectivity index (χ4v) is 5.71. The van der Waals surface area contributed by atoms with E-state index in [9.17, 15) is 13.2 Å². The van der Waals surface area contributed by atoms with Crippen molar-refractivity contribution in [3.8, 4) is 5.75 Å². The molecule has 0 radical (unpaired) electrons. The number of halogens is 1. The number of rotatable bonds is 11. The van der Waals surface area contributed by atoms with Crippen molar-refractivity contribution >= 4 is 44.1 Å². The van der Waals surface area contributed by atoms with Gasteiger partial charge in [0.1, 0.15) is 5.75 Å². The van der Waals surface area contributed by atoms with Gasteiger partial charge in [-0.1, -0.05) is 30.9 Å². The molecule has 0 spiro atoms. The van der Waals surface area contributed by atoms with E-state index in [-0.39, 0.29) is 23.5 Å². The van der Waals surface area contributed by atoms with Crippen molar-refractivity contribution in [2.24, 2.45) is 0 Å². The topological polar surface area (TPSA) is 109 Å². The summed E-state index contributed by atoms with van der Waals surface area (Å²) in [5.41, 5.74) is 1.79. The van der Waals surface area contributed by atoms with Crippen LogP contribution in [-0.4, -0.2) is 45.0 Å². The Morgan fingerprint density at radius 2 is 1.81 bits per heavy atom. The van der Waals surface area contributed by atoms with Gasteiger partial charge in [0.05, 0.1) is 10.4 Å². The van der Waals surface area contributed by atoms with Crippen molar-refractivity contribution < 1.29 is 17.9 Å². The number of hydrogen-bond donors (Lipinski definition) is 3. The second-order valence-electron chi connectivity index (χ2n) is 8.87. The van der Waals surface area contributed by atoms with Gasteiger partial charge in [0.25, 0.3) is 5.91 Å². The van der Waals surface area contributed by atoms with Crippen LogP contribution in [0, 0.1) is 0 Å². The first-order valence-electron chi connectivity index (χ1n) is 12.2. The van der Waals surface area contributed by atoms with E-state index in [4.69, 9.17) is 16.3 Å². The fourth-order valence-electron chi connectivity index (χ4n) is 4.24. The van der Waals surface area contributed by atoms with Crippen molar-refractivity contribution in [3.63, 3.8) is 0 Å². The van der Waals surface area contributed by atoms with Crippen molar-refractivity contribution in [3.05, 3.63) is 59.8 Å². The number of sulfonamides is 1. The highest BCUT2D eigenvalue weighted by Gasteiger charge is 2.21. The summed E-state index contributed by atoms with van der Waals surface area (Å²) in [5, 5.41) is 7.82. The molecule has 36 heavy (non-hydrogen) atoms. The normalized spacial score (nSPS) is 14.5. The molecule has 0 saturated heterocycles. The van der Waals surface area contributed by atoms with E-state index in [1.54, 1.807) is 18.3 Å². The third-order valence-electron chi connectivity index (χ3n) is 6.13. The summed E-state index contributed by atoms with van der Waals surface area (Å²) in [6.07, 6.45) is 7.47. The average Bonchev–Trinajstić information content (AvgIpc) is 2.87. The van der Waals surface area contributed by atoms with Gasteiger partial charge < -0.3 is 15.4 Å². The molecular weight excluding hydrogens is 500 g/mol. The Bertz CT molecular complexity index is 1280. The minimum absolute atomic E-state index is 0.00159. The van der Waals surface area contributed by atoms with Gasteiger partial charge in [-0.2, -0.15) is 0 Å². The Morgan fingerprint density at radius 1 is 1.03 bits per heavy atom. The predicted octanol–water partition coefficient (Wildman–Crippen LogP) is 4.50. The number of pyridine rings is 1. The van der Waals surface area contributed by atoms with Gasteiger partial charge in [0, 0.05) is 41.4 Å². The summed E-state index contributed by atoms with van der Waals surface area (Å²) in [7, 11) is -3.56. The van der Waals surface area contributed by atoms with E-state index in [2.05, 4.69) is 20.3 Å². The molecule has 1 aliphatic rings. The van der Waals surface area contributed by atoms with Gasteiger partial charge in [-0.15, -0.1) is 0 Å². The van der Waals surface area contributed by atoms with Gasteiger partial charge in [-0.25, -0.2) is 13.1 Å². The smallest absolute Gasteiger partial charge is 0.257 e. The Labute approximate surface area is 216 Å².